The van der Waals surface area contributed by atoms with E-state index in [1.807, 2.05) is 13.8 Å². The summed E-state index contributed by atoms with van der Waals surface area (Å²) in [5.41, 5.74) is 0.414. The lowest BCUT2D eigenvalue weighted by Crippen LogP contribution is -2.02. The van der Waals surface area contributed by atoms with Crippen molar-refractivity contribution >= 4 is 16.7 Å². The standard InChI is InChI=1S/C22H23F3OS/c1-5-6-7-12-26-20-11-10-18(21(24)22(20)25)17-9-8-16(13-19(17)23)15(4)27-14(2)3/h8-11,13H,2,4-7,12H2,1,3H3. The Morgan fingerprint density at radius 3 is 2.33 bits per heavy atom. The topological polar surface area (TPSA) is 9.23 Å². The molecule has 0 spiro atoms. The monoisotopic (exact) mass is 392 g/mol. The first-order valence-corrected chi connectivity index (χ1v) is 9.60. The number of hydrogen-bond acceptors (Lipinski definition) is 2. The first-order valence-electron chi connectivity index (χ1n) is 8.78. The van der Waals surface area contributed by atoms with Gasteiger partial charge in [-0.25, -0.2) is 8.78 Å². The van der Waals surface area contributed by atoms with E-state index < -0.39 is 17.5 Å². The van der Waals surface area contributed by atoms with Gasteiger partial charge < -0.3 is 4.74 Å². The second-order valence-corrected chi connectivity index (χ2v) is 7.61. The van der Waals surface area contributed by atoms with Crippen LogP contribution in [-0.4, -0.2) is 6.61 Å². The highest BCUT2D eigenvalue weighted by Gasteiger charge is 2.18. The van der Waals surface area contributed by atoms with Gasteiger partial charge in [-0.05, 0) is 42.0 Å². The maximum Gasteiger partial charge on any atom is 0.201 e. The molecule has 0 radical (unpaired) electrons. The fourth-order valence-electron chi connectivity index (χ4n) is 2.56. The van der Waals surface area contributed by atoms with E-state index in [4.69, 9.17) is 4.74 Å². The van der Waals surface area contributed by atoms with E-state index in [1.54, 1.807) is 6.07 Å². The average Bonchev–Trinajstić information content (AvgIpc) is 2.62. The first-order chi connectivity index (χ1) is 12.8. The molecule has 0 amide bonds. The van der Waals surface area contributed by atoms with Crippen molar-refractivity contribution in [2.24, 2.45) is 0 Å². The first kappa shape index (κ1) is 21.2. The Morgan fingerprint density at radius 1 is 1.00 bits per heavy atom. The molecule has 0 heterocycles. The lowest BCUT2D eigenvalue weighted by molar-refractivity contribution is 0.286. The molecule has 0 fully saturated rings. The predicted octanol–water partition coefficient (Wildman–Crippen LogP) is 7.58. The minimum Gasteiger partial charge on any atom is -0.490 e. The molecule has 1 nitrogen and oxygen atoms in total. The van der Waals surface area contributed by atoms with E-state index in [9.17, 15) is 13.2 Å². The van der Waals surface area contributed by atoms with Crippen molar-refractivity contribution < 1.29 is 17.9 Å². The third kappa shape index (κ3) is 5.42. The summed E-state index contributed by atoms with van der Waals surface area (Å²) in [5, 5.41) is 0. The second-order valence-electron chi connectivity index (χ2n) is 6.22. The van der Waals surface area contributed by atoms with Crippen LogP contribution in [0.5, 0.6) is 5.75 Å². The summed E-state index contributed by atoms with van der Waals surface area (Å²) >= 11 is 1.33. The number of unbranched alkanes of at least 4 members (excludes halogenated alkanes) is 2. The maximum absolute atomic E-state index is 14.5. The fraction of sp³-hybridized carbons (Fsp3) is 0.273. The molecule has 144 valence electrons. The molecule has 0 saturated heterocycles. The smallest absolute Gasteiger partial charge is 0.201 e. The molecule has 0 N–H and O–H groups in total. The molecule has 27 heavy (non-hydrogen) atoms. The van der Waals surface area contributed by atoms with Crippen LogP contribution in [0.25, 0.3) is 16.0 Å². The molecule has 2 aromatic carbocycles. The van der Waals surface area contributed by atoms with E-state index in [0.717, 1.165) is 24.2 Å². The van der Waals surface area contributed by atoms with Gasteiger partial charge in [-0.2, -0.15) is 4.39 Å². The van der Waals surface area contributed by atoms with Gasteiger partial charge in [-0.15, -0.1) is 0 Å². The summed E-state index contributed by atoms with van der Waals surface area (Å²) in [7, 11) is 0. The van der Waals surface area contributed by atoms with Crippen LogP contribution in [0.15, 0.2) is 48.4 Å². The van der Waals surface area contributed by atoms with Gasteiger partial charge in [-0.1, -0.05) is 56.8 Å². The van der Waals surface area contributed by atoms with Crippen LogP contribution in [0.3, 0.4) is 0 Å². The highest BCUT2D eigenvalue weighted by atomic mass is 32.2. The molecule has 2 aromatic rings. The van der Waals surface area contributed by atoms with Crippen molar-refractivity contribution in [3.8, 4) is 16.9 Å². The summed E-state index contributed by atoms with van der Waals surface area (Å²) < 4.78 is 48.6. The molecule has 0 saturated carbocycles. The van der Waals surface area contributed by atoms with Crippen LogP contribution in [0, 0.1) is 17.5 Å². The van der Waals surface area contributed by atoms with Crippen molar-refractivity contribution in [1.29, 1.82) is 0 Å². The zero-order chi connectivity index (χ0) is 20.0. The van der Waals surface area contributed by atoms with Crippen molar-refractivity contribution in [2.45, 2.75) is 33.1 Å². The predicted molar refractivity (Wildman–Crippen MR) is 108 cm³/mol. The molecule has 0 aromatic heterocycles. The molecule has 0 aliphatic rings. The number of benzene rings is 2. The summed E-state index contributed by atoms with van der Waals surface area (Å²) in [6.07, 6.45) is 2.72. The SMILES string of the molecule is C=C(C)SC(=C)c1ccc(-c2ccc(OCCCCC)c(F)c2F)c(F)c1. The van der Waals surface area contributed by atoms with E-state index >= 15 is 0 Å². The van der Waals surface area contributed by atoms with Gasteiger partial charge in [0, 0.05) is 16.0 Å². The highest BCUT2D eigenvalue weighted by Crippen LogP contribution is 2.35. The molecule has 2 rings (SSSR count). The Hall–Kier alpha value is -2.14. The molecule has 5 heteroatoms. The van der Waals surface area contributed by atoms with Gasteiger partial charge in [0.05, 0.1) is 6.61 Å². The highest BCUT2D eigenvalue weighted by molar-refractivity contribution is 8.11. The van der Waals surface area contributed by atoms with Crippen molar-refractivity contribution in [1.82, 2.24) is 0 Å². The Kier molecular flexibility index (Phi) is 7.60. The molecule has 0 bridgehead atoms. The Balaban J connectivity index is 2.26. The van der Waals surface area contributed by atoms with Crippen LogP contribution in [0.4, 0.5) is 13.2 Å². The van der Waals surface area contributed by atoms with Crippen molar-refractivity contribution in [3.05, 3.63) is 71.4 Å². The quantitative estimate of drug-likeness (QED) is 0.407. The zero-order valence-electron chi connectivity index (χ0n) is 15.6. The van der Waals surface area contributed by atoms with Crippen LogP contribution in [0.1, 0.15) is 38.7 Å². The summed E-state index contributed by atoms with van der Waals surface area (Å²) in [6.45, 7) is 11.8. The van der Waals surface area contributed by atoms with Crippen LogP contribution >= 0.6 is 11.8 Å². The number of thioether (sulfide) groups is 1. The van der Waals surface area contributed by atoms with Crippen LogP contribution in [-0.2, 0) is 0 Å². The van der Waals surface area contributed by atoms with Gasteiger partial charge in [-0.3, -0.25) is 0 Å². The van der Waals surface area contributed by atoms with Crippen molar-refractivity contribution in [3.63, 3.8) is 0 Å². The lowest BCUT2D eigenvalue weighted by Gasteiger charge is -2.12. The largest absolute Gasteiger partial charge is 0.490 e. The second kappa shape index (κ2) is 9.70. The molecular formula is C22H23F3OS. The zero-order valence-corrected chi connectivity index (χ0v) is 16.4. The lowest BCUT2D eigenvalue weighted by atomic mass is 10.0. The number of ether oxygens (including phenoxy) is 1. The Labute approximate surface area is 162 Å². The third-order valence-corrected chi connectivity index (χ3v) is 4.76. The van der Waals surface area contributed by atoms with Crippen LogP contribution < -0.4 is 4.74 Å². The van der Waals surface area contributed by atoms with E-state index in [1.165, 1.54) is 36.0 Å². The Bertz CT molecular complexity index is 846. The Morgan fingerprint density at radius 2 is 1.70 bits per heavy atom. The molecule has 0 atom stereocenters. The average molecular weight is 392 g/mol. The number of allylic oxidation sites excluding steroid dienone is 1. The van der Waals surface area contributed by atoms with Gasteiger partial charge in [0.2, 0.25) is 5.82 Å². The van der Waals surface area contributed by atoms with Crippen molar-refractivity contribution in [2.75, 3.05) is 6.61 Å². The summed E-state index contributed by atoms with van der Waals surface area (Å²) in [6, 6.07) is 6.99. The van der Waals surface area contributed by atoms with E-state index in [0.29, 0.717) is 17.1 Å². The van der Waals surface area contributed by atoms with Gasteiger partial charge in [0.15, 0.2) is 11.6 Å². The van der Waals surface area contributed by atoms with Gasteiger partial charge in [0.1, 0.15) is 5.82 Å². The molecule has 0 aliphatic carbocycles. The minimum absolute atomic E-state index is 0.0131. The fourth-order valence-corrected chi connectivity index (χ4v) is 3.23. The minimum atomic E-state index is -1.12. The van der Waals surface area contributed by atoms with Crippen LogP contribution in [0.2, 0.25) is 0 Å². The maximum atomic E-state index is 14.5. The normalized spacial score (nSPS) is 10.7. The summed E-state index contributed by atoms with van der Waals surface area (Å²) in [5.74, 6) is -3.03. The molecule has 0 unspecified atom stereocenters. The third-order valence-electron chi connectivity index (χ3n) is 3.93. The number of halogens is 3. The molecule has 0 aliphatic heterocycles. The van der Waals surface area contributed by atoms with E-state index in [-0.39, 0.29) is 16.9 Å². The van der Waals surface area contributed by atoms with E-state index in [2.05, 4.69) is 13.2 Å². The molecular weight excluding hydrogens is 369 g/mol. The number of rotatable bonds is 9. The van der Waals surface area contributed by atoms with Gasteiger partial charge in [0.25, 0.3) is 0 Å². The summed E-state index contributed by atoms with van der Waals surface area (Å²) in [4.78, 5) is 1.46. The number of hydrogen-bond donors (Lipinski definition) is 0. The van der Waals surface area contributed by atoms with Gasteiger partial charge >= 0.3 is 0 Å².